The number of benzene rings is 1. The van der Waals surface area contributed by atoms with Gasteiger partial charge in [-0.1, -0.05) is 0 Å². The highest BCUT2D eigenvalue weighted by molar-refractivity contribution is 5.96. The molecule has 0 atom stereocenters. The van der Waals surface area contributed by atoms with Crippen LogP contribution in [0.1, 0.15) is 16.1 Å². The summed E-state index contributed by atoms with van der Waals surface area (Å²) in [5.41, 5.74) is 6.80. The van der Waals surface area contributed by atoms with E-state index in [0.29, 0.717) is 24.5 Å². The fourth-order valence-electron chi connectivity index (χ4n) is 2.25. The van der Waals surface area contributed by atoms with Crippen molar-refractivity contribution in [2.75, 3.05) is 38.4 Å². The van der Waals surface area contributed by atoms with Crippen molar-refractivity contribution < 1.29 is 18.7 Å². The molecule has 2 rings (SSSR count). The lowest BCUT2D eigenvalue weighted by atomic mass is 10.2. The lowest BCUT2D eigenvalue weighted by molar-refractivity contribution is 0.0593. The molecule has 0 bridgehead atoms. The van der Waals surface area contributed by atoms with Crippen LogP contribution >= 0.6 is 0 Å². The highest BCUT2D eigenvalue weighted by Gasteiger charge is 2.23. The molecular weight excluding hydrogens is 315 g/mol. The summed E-state index contributed by atoms with van der Waals surface area (Å²) >= 11 is 0. The van der Waals surface area contributed by atoms with Gasteiger partial charge in [-0.3, -0.25) is 0 Å². The standard InChI is InChI=1S/C16H17FN4O3/c1-23-6-5-20-12-4-3-11(17)7-13(12)21-9-10(8-18)14(19)15(21)16(22)24-2/h3-4,7,9,20H,5-6,19H2,1-2H3. The zero-order valence-corrected chi connectivity index (χ0v) is 13.3. The van der Waals surface area contributed by atoms with Gasteiger partial charge in [-0.15, -0.1) is 0 Å². The van der Waals surface area contributed by atoms with E-state index >= 15 is 0 Å². The van der Waals surface area contributed by atoms with Gasteiger partial charge in [-0.25, -0.2) is 9.18 Å². The lowest BCUT2D eigenvalue weighted by Gasteiger charge is -2.15. The van der Waals surface area contributed by atoms with Crippen LogP contribution in [-0.2, 0) is 9.47 Å². The van der Waals surface area contributed by atoms with Gasteiger partial charge in [0.05, 0.1) is 36.3 Å². The topological polar surface area (TPSA) is 102 Å². The lowest BCUT2D eigenvalue weighted by Crippen LogP contribution is -2.14. The minimum atomic E-state index is -0.721. The van der Waals surface area contributed by atoms with E-state index in [2.05, 4.69) is 5.32 Å². The summed E-state index contributed by atoms with van der Waals surface area (Å²) in [6.07, 6.45) is 1.37. The molecule has 3 N–H and O–H groups in total. The fourth-order valence-corrected chi connectivity index (χ4v) is 2.25. The van der Waals surface area contributed by atoms with Crippen molar-refractivity contribution in [3.8, 4) is 11.8 Å². The third kappa shape index (κ3) is 3.31. The molecule has 2 aromatic rings. The number of anilines is 2. The Morgan fingerprint density at radius 3 is 2.83 bits per heavy atom. The number of hydrogen-bond donors (Lipinski definition) is 2. The third-order valence-corrected chi connectivity index (χ3v) is 3.38. The summed E-state index contributed by atoms with van der Waals surface area (Å²) < 4.78 is 24.8. The van der Waals surface area contributed by atoms with Crippen LogP contribution in [0.3, 0.4) is 0 Å². The zero-order valence-electron chi connectivity index (χ0n) is 13.3. The van der Waals surface area contributed by atoms with Gasteiger partial charge in [0.1, 0.15) is 11.9 Å². The van der Waals surface area contributed by atoms with E-state index in [-0.39, 0.29) is 16.9 Å². The van der Waals surface area contributed by atoms with E-state index in [0.717, 1.165) is 0 Å². The molecule has 1 aromatic carbocycles. The molecule has 0 aliphatic carbocycles. The Balaban J connectivity index is 2.61. The van der Waals surface area contributed by atoms with Crippen LogP contribution in [0, 0.1) is 17.1 Å². The summed E-state index contributed by atoms with van der Waals surface area (Å²) in [6, 6.07) is 5.96. The molecule has 8 heteroatoms. The number of esters is 1. The number of nitrogens with one attached hydrogen (secondary N) is 1. The molecule has 1 aromatic heterocycles. The normalized spacial score (nSPS) is 10.2. The second-order valence-corrected chi connectivity index (χ2v) is 4.86. The second-order valence-electron chi connectivity index (χ2n) is 4.86. The van der Waals surface area contributed by atoms with Gasteiger partial charge in [0, 0.05) is 19.9 Å². The van der Waals surface area contributed by atoms with Crippen molar-refractivity contribution in [3.63, 3.8) is 0 Å². The molecule has 0 spiro atoms. The second kappa shape index (κ2) is 7.48. The first-order valence-electron chi connectivity index (χ1n) is 7.05. The summed E-state index contributed by atoms with van der Waals surface area (Å²) in [4.78, 5) is 12.0. The molecule has 0 saturated heterocycles. The van der Waals surface area contributed by atoms with Crippen LogP contribution in [-0.4, -0.2) is 37.9 Å². The quantitative estimate of drug-likeness (QED) is 0.619. The van der Waals surface area contributed by atoms with Crippen molar-refractivity contribution in [1.82, 2.24) is 4.57 Å². The first-order valence-corrected chi connectivity index (χ1v) is 7.05. The van der Waals surface area contributed by atoms with Gasteiger partial charge in [-0.2, -0.15) is 5.26 Å². The number of halogens is 1. The maximum atomic E-state index is 13.7. The highest BCUT2D eigenvalue weighted by atomic mass is 19.1. The highest BCUT2D eigenvalue weighted by Crippen LogP contribution is 2.29. The van der Waals surface area contributed by atoms with Crippen LogP contribution in [0.2, 0.25) is 0 Å². The first kappa shape index (κ1) is 17.3. The largest absolute Gasteiger partial charge is 0.464 e. The van der Waals surface area contributed by atoms with Gasteiger partial charge < -0.3 is 25.1 Å². The average molecular weight is 332 g/mol. The van der Waals surface area contributed by atoms with Crippen molar-refractivity contribution >= 4 is 17.3 Å². The molecule has 0 saturated carbocycles. The predicted molar refractivity (Wildman–Crippen MR) is 86.6 cm³/mol. The smallest absolute Gasteiger partial charge is 0.357 e. The molecule has 0 aliphatic rings. The Morgan fingerprint density at radius 2 is 2.21 bits per heavy atom. The van der Waals surface area contributed by atoms with Gasteiger partial charge >= 0.3 is 5.97 Å². The number of nitrogens with zero attached hydrogens (tertiary/aromatic N) is 2. The molecule has 0 aliphatic heterocycles. The van der Waals surface area contributed by atoms with Crippen LogP contribution in [0.25, 0.3) is 5.69 Å². The molecule has 0 amide bonds. The van der Waals surface area contributed by atoms with Gasteiger partial charge in [0.15, 0.2) is 5.69 Å². The number of carbonyl (C=O) groups is 1. The van der Waals surface area contributed by atoms with Crippen LogP contribution < -0.4 is 11.1 Å². The Morgan fingerprint density at radius 1 is 1.46 bits per heavy atom. The summed E-state index contributed by atoms with van der Waals surface area (Å²) in [7, 11) is 2.77. The maximum Gasteiger partial charge on any atom is 0.357 e. The maximum absolute atomic E-state index is 13.7. The van der Waals surface area contributed by atoms with Crippen LogP contribution in [0.4, 0.5) is 15.8 Å². The molecule has 24 heavy (non-hydrogen) atoms. The van der Waals surface area contributed by atoms with E-state index < -0.39 is 11.8 Å². The fraction of sp³-hybridized carbons (Fsp3) is 0.250. The molecule has 126 valence electrons. The SMILES string of the molecule is COCCNc1ccc(F)cc1-n1cc(C#N)c(N)c1C(=O)OC. The monoisotopic (exact) mass is 332 g/mol. The van der Waals surface area contributed by atoms with Gasteiger partial charge in [-0.05, 0) is 18.2 Å². The zero-order chi connectivity index (χ0) is 17.7. The molecule has 0 radical (unpaired) electrons. The Kier molecular flexibility index (Phi) is 5.39. The molecule has 7 nitrogen and oxygen atoms in total. The third-order valence-electron chi connectivity index (χ3n) is 3.38. The number of nitrogen functional groups attached to an aromatic ring is 1. The van der Waals surface area contributed by atoms with E-state index in [9.17, 15) is 9.18 Å². The van der Waals surface area contributed by atoms with Gasteiger partial charge in [0.25, 0.3) is 0 Å². The van der Waals surface area contributed by atoms with Crippen molar-refractivity contribution in [3.05, 3.63) is 41.5 Å². The summed E-state index contributed by atoms with van der Waals surface area (Å²) in [5, 5.41) is 12.2. The number of aromatic nitrogens is 1. The van der Waals surface area contributed by atoms with Crippen LogP contribution in [0.5, 0.6) is 0 Å². The predicted octanol–water partition coefficient (Wildman–Crippen LogP) is 1.92. The molecule has 0 fully saturated rings. The molecule has 1 heterocycles. The number of carbonyl (C=O) groups excluding carboxylic acids is 1. The van der Waals surface area contributed by atoms with Crippen molar-refractivity contribution in [2.24, 2.45) is 0 Å². The number of hydrogen-bond acceptors (Lipinski definition) is 6. The number of ether oxygens (including phenoxy) is 2. The summed E-state index contributed by atoms with van der Waals surface area (Å²) in [5.74, 6) is -1.22. The van der Waals surface area contributed by atoms with E-state index in [1.807, 2.05) is 6.07 Å². The molecular formula is C16H17FN4O3. The Labute approximate surface area is 138 Å². The minimum Gasteiger partial charge on any atom is -0.464 e. The van der Waals surface area contributed by atoms with E-state index in [1.165, 1.54) is 36.1 Å². The van der Waals surface area contributed by atoms with E-state index in [4.69, 9.17) is 20.5 Å². The Bertz CT molecular complexity index is 795. The van der Waals surface area contributed by atoms with Crippen molar-refractivity contribution in [2.45, 2.75) is 0 Å². The number of methoxy groups -OCH3 is 2. The average Bonchev–Trinajstić information content (AvgIpc) is 2.92. The van der Waals surface area contributed by atoms with Crippen LogP contribution in [0.15, 0.2) is 24.4 Å². The number of nitriles is 1. The van der Waals surface area contributed by atoms with Gasteiger partial charge in [0.2, 0.25) is 0 Å². The molecule has 0 unspecified atom stereocenters. The van der Waals surface area contributed by atoms with Crippen molar-refractivity contribution in [1.29, 1.82) is 5.26 Å². The minimum absolute atomic E-state index is 0.0172. The number of rotatable bonds is 6. The first-order chi connectivity index (χ1) is 11.5. The van der Waals surface area contributed by atoms with E-state index in [1.54, 1.807) is 7.11 Å². The summed E-state index contributed by atoms with van der Waals surface area (Å²) in [6.45, 7) is 0.919. The number of nitrogens with two attached hydrogens (primary N) is 1. The Hall–Kier alpha value is -3.05.